The van der Waals surface area contributed by atoms with Gasteiger partial charge in [0.2, 0.25) is 15.9 Å². The number of hydrogen-bond acceptors (Lipinski definition) is 3. The fourth-order valence-electron chi connectivity index (χ4n) is 2.34. The van der Waals surface area contributed by atoms with Gasteiger partial charge in [-0.1, -0.05) is 19.1 Å². The van der Waals surface area contributed by atoms with Crippen molar-refractivity contribution in [2.24, 2.45) is 5.73 Å². The van der Waals surface area contributed by atoms with Gasteiger partial charge in [-0.25, -0.2) is 8.42 Å². The molecule has 104 valence electrons. The molecule has 1 saturated heterocycles. The second kappa shape index (κ2) is 5.30. The van der Waals surface area contributed by atoms with E-state index >= 15 is 0 Å². The number of aryl methyl sites for hydroxylation is 1. The van der Waals surface area contributed by atoms with Gasteiger partial charge in [0.25, 0.3) is 0 Å². The third kappa shape index (κ3) is 2.64. The highest BCUT2D eigenvalue weighted by molar-refractivity contribution is 7.89. The standard InChI is InChI=1S/C13H18N2O3S/c1-2-10-5-7-11(8-6-10)19(17,18)15-9-3-4-12(15)13(14)16/h5-8,12H,2-4,9H2,1H3,(H2,14,16)/t12-/m0/s1. The Morgan fingerprint density at radius 1 is 1.37 bits per heavy atom. The molecule has 0 aromatic heterocycles. The van der Waals surface area contributed by atoms with Crippen molar-refractivity contribution in [2.75, 3.05) is 6.54 Å². The minimum absolute atomic E-state index is 0.220. The van der Waals surface area contributed by atoms with Crippen molar-refractivity contribution in [1.29, 1.82) is 0 Å². The van der Waals surface area contributed by atoms with Gasteiger partial charge in [0.05, 0.1) is 4.90 Å². The highest BCUT2D eigenvalue weighted by Gasteiger charge is 2.38. The summed E-state index contributed by atoms with van der Waals surface area (Å²) in [5, 5.41) is 0. The molecule has 1 fully saturated rings. The van der Waals surface area contributed by atoms with Crippen LogP contribution in [0, 0.1) is 0 Å². The Bertz CT molecular complexity index is 566. The molecule has 0 bridgehead atoms. The van der Waals surface area contributed by atoms with Gasteiger partial charge >= 0.3 is 0 Å². The van der Waals surface area contributed by atoms with E-state index in [1.165, 1.54) is 4.31 Å². The largest absolute Gasteiger partial charge is 0.368 e. The lowest BCUT2D eigenvalue weighted by atomic mass is 10.2. The van der Waals surface area contributed by atoms with Crippen LogP contribution in [0.15, 0.2) is 29.2 Å². The van der Waals surface area contributed by atoms with Crippen LogP contribution >= 0.6 is 0 Å². The smallest absolute Gasteiger partial charge is 0.243 e. The predicted molar refractivity (Wildman–Crippen MR) is 71.9 cm³/mol. The van der Waals surface area contributed by atoms with Gasteiger partial charge < -0.3 is 5.73 Å². The molecule has 19 heavy (non-hydrogen) atoms. The highest BCUT2D eigenvalue weighted by atomic mass is 32.2. The maximum absolute atomic E-state index is 12.5. The Kier molecular flexibility index (Phi) is 3.91. The highest BCUT2D eigenvalue weighted by Crippen LogP contribution is 2.26. The molecule has 2 rings (SSSR count). The fourth-order valence-corrected chi connectivity index (χ4v) is 4.01. The summed E-state index contributed by atoms with van der Waals surface area (Å²) in [4.78, 5) is 11.5. The Labute approximate surface area is 113 Å². The maximum atomic E-state index is 12.5. The molecule has 0 spiro atoms. The lowest BCUT2D eigenvalue weighted by Crippen LogP contribution is -2.43. The van der Waals surface area contributed by atoms with Crippen LogP contribution in [0.1, 0.15) is 25.3 Å². The molecule has 1 aliphatic heterocycles. The number of nitrogens with zero attached hydrogens (tertiary/aromatic N) is 1. The lowest BCUT2D eigenvalue weighted by Gasteiger charge is -2.21. The molecule has 1 atom stereocenters. The summed E-state index contributed by atoms with van der Waals surface area (Å²) in [7, 11) is -3.63. The van der Waals surface area contributed by atoms with Crippen molar-refractivity contribution >= 4 is 15.9 Å². The molecule has 1 aromatic rings. The monoisotopic (exact) mass is 282 g/mol. The summed E-state index contributed by atoms with van der Waals surface area (Å²) in [5.74, 6) is -0.578. The van der Waals surface area contributed by atoms with Crippen LogP contribution in [0.25, 0.3) is 0 Å². The van der Waals surface area contributed by atoms with Gasteiger partial charge in [-0.05, 0) is 37.0 Å². The molecule has 1 amide bonds. The van der Waals surface area contributed by atoms with Gasteiger partial charge in [-0.15, -0.1) is 0 Å². The number of amides is 1. The first-order chi connectivity index (χ1) is 8.96. The minimum Gasteiger partial charge on any atom is -0.368 e. The number of carbonyl (C=O) groups excluding carboxylic acids is 1. The number of carbonyl (C=O) groups is 1. The van der Waals surface area contributed by atoms with Crippen molar-refractivity contribution in [2.45, 2.75) is 37.1 Å². The summed E-state index contributed by atoms with van der Waals surface area (Å²) in [6.45, 7) is 2.36. The third-order valence-electron chi connectivity index (χ3n) is 3.47. The fraction of sp³-hybridized carbons (Fsp3) is 0.462. The van der Waals surface area contributed by atoms with Crippen molar-refractivity contribution in [3.63, 3.8) is 0 Å². The summed E-state index contributed by atoms with van der Waals surface area (Å²) >= 11 is 0. The topological polar surface area (TPSA) is 80.5 Å². The first-order valence-corrected chi connectivity index (χ1v) is 7.81. The lowest BCUT2D eigenvalue weighted by molar-refractivity contribution is -0.121. The minimum atomic E-state index is -3.63. The van der Waals surface area contributed by atoms with Gasteiger partial charge in [-0.3, -0.25) is 4.79 Å². The molecule has 5 nitrogen and oxygen atoms in total. The Balaban J connectivity index is 2.33. The van der Waals surface area contributed by atoms with Crippen LogP contribution < -0.4 is 5.73 Å². The molecule has 1 heterocycles. The average molecular weight is 282 g/mol. The molecule has 6 heteroatoms. The van der Waals surface area contributed by atoms with Crippen molar-refractivity contribution < 1.29 is 13.2 Å². The van der Waals surface area contributed by atoms with Gasteiger partial charge in [0, 0.05) is 6.54 Å². The van der Waals surface area contributed by atoms with Crippen LogP contribution in [0.5, 0.6) is 0 Å². The first kappa shape index (κ1) is 14.0. The molecular weight excluding hydrogens is 264 g/mol. The van der Waals surface area contributed by atoms with E-state index in [2.05, 4.69) is 0 Å². The van der Waals surface area contributed by atoms with Gasteiger partial charge in [0.15, 0.2) is 0 Å². The van der Waals surface area contributed by atoms with E-state index in [0.29, 0.717) is 19.4 Å². The normalized spacial score (nSPS) is 20.6. The van der Waals surface area contributed by atoms with Crippen LogP contribution in [0.2, 0.25) is 0 Å². The number of rotatable bonds is 4. The molecule has 1 aliphatic rings. The van der Waals surface area contributed by atoms with Crippen molar-refractivity contribution in [3.05, 3.63) is 29.8 Å². The maximum Gasteiger partial charge on any atom is 0.243 e. The molecule has 2 N–H and O–H groups in total. The van der Waals surface area contributed by atoms with Crippen LogP contribution in [0.3, 0.4) is 0 Å². The van der Waals surface area contributed by atoms with E-state index in [-0.39, 0.29) is 4.90 Å². The van der Waals surface area contributed by atoms with E-state index < -0.39 is 22.0 Å². The summed E-state index contributed by atoms with van der Waals surface area (Å²) in [6, 6.07) is 6.05. The molecule has 1 aromatic carbocycles. The van der Waals surface area contributed by atoms with E-state index in [9.17, 15) is 13.2 Å². The number of sulfonamides is 1. The second-order valence-corrected chi connectivity index (χ2v) is 6.56. The zero-order chi connectivity index (χ0) is 14.0. The van der Waals surface area contributed by atoms with Crippen molar-refractivity contribution in [3.8, 4) is 0 Å². The van der Waals surface area contributed by atoms with E-state index in [4.69, 9.17) is 5.73 Å². The van der Waals surface area contributed by atoms with E-state index in [0.717, 1.165) is 12.0 Å². The Morgan fingerprint density at radius 3 is 2.53 bits per heavy atom. The zero-order valence-corrected chi connectivity index (χ0v) is 11.7. The molecule has 0 radical (unpaired) electrons. The Morgan fingerprint density at radius 2 is 2.00 bits per heavy atom. The number of primary amides is 1. The first-order valence-electron chi connectivity index (χ1n) is 6.37. The molecule has 0 aliphatic carbocycles. The number of nitrogens with two attached hydrogens (primary N) is 1. The second-order valence-electron chi connectivity index (χ2n) is 4.67. The van der Waals surface area contributed by atoms with Crippen LogP contribution in [0.4, 0.5) is 0 Å². The van der Waals surface area contributed by atoms with E-state index in [1.807, 2.05) is 6.92 Å². The Hall–Kier alpha value is -1.40. The number of benzene rings is 1. The number of hydrogen-bond donors (Lipinski definition) is 1. The van der Waals surface area contributed by atoms with Crippen LogP contribution in [-0.2, 0) is 21.2 Å². The third-order valence-corrected chi connectivity index (χ3v) is 5.39. The van der Waals surface area contributed by atoms with Crippen molar-refractivity contribution in [1.82, 2.24) is 4.31 Å². The molecule has 0 saturated carbocycles. The quantitative estimate of drug-likeness (QED) is 0.890. The summed E-state index contributed by atoms with van der Waals surface area (Å²) < 4.78 is 26.2. The SMILES string of the molecule is CCc1ccc(S(=O)(=O)N2CCC[C@H]2C(N)=O)cc1. The zero-order valence-electron chi connectivity index (χ0n) is 10.9. The van der Waals surface area contributed by atoms with Gasteiger partial charge in [-0.2, -0.15) is 4.31 Å². The average Bonchev–Trinajstić information content (AvgIpc) is 2.89. The van der Waals surface area contributed by atoms with Gasteiger partial charge in [0.1, 0.15) is 6.04 Å². The summed E-state index contributed by atoms with van der Waals surface area (Å²) in [5.41, 5.74) is 6.34. The molecule has 0 unspecified atom stereocenters. The molecular formula is C13H18N2O3S. The van der Waals surface area contributed by atoms with E-state index in [1.54, 1.807) is 24.3 Å². The van der Waals surface area contributed by atoms with Crippen LogP contribution in [-0.4, -0.2) is 31.2 Å². The summed E-state index contributed by atoms with van der Waals surface area (Å²) in [6.07, 6.45) is 2.02. The predicted octanol–water partition coefficient (Wildman–Crippen LogP) is 0.887.